The van der Waals surface area contributed by atoms with Gasteiger partial charge in [0.1, 0.15) is 10.8 Å². The highest BCUT2D eigenvalue weighted by atomic mass is 32.1. The zero-order chi connectivity index (χ0) is 22.4. The van der Waals surface area contributed by atoms with E-state index >= 15 is 0 Å². The predicted octanol–water partition coefficient (Wildman–Crippen LogP) is 4.71. The summed E-state index contributed by atoms with van der Waals surface area (Å²) in [6.45, 7) is 6.72. The third-order valence-electron chi connectivity index (χ3n) is 6.53. The smallest absolute Gasteiger partial charge is 0.242 e. The number of fused-ring (bicyclic) bond motifs is 1. The fourth-order valence-electron chi connectivity index (χ4n) is 4.73. The van der Waals surface area contributed by atoms with Crippen molar-refractivity contribution in [3.8, 4) is 0 Å². The summed E-state index contributed by atoms with van der Waals surface area (Å²) in [6.07, 6.45) is 2.43. The van der Waals surface area contributed by atoms with Gasteiger partial charge in [-0.2, -0.15) is 9.36 Å². The van der Waals surface area contributed by atoms with Crippen LogP contribution in [0.25, 0.3) is 0 Å². The second-order valence-corrected chi connectivity index (χ2v) is 9.49. The van der Waals surface area contributed by atoms with Gasteiger partial charge < -0.3 is 10.2 Å². The van der Waals surface area contributed by atoms with Crippen LogP contribution in [0.2, 0.25) is 0 Å². The maximum Gasteiger partial charge on any atom is 0.242 e. The number of hydrogen-bond acceptors (Lipinski definition) is 6. The van der Waals surface area contributed by atoms with E-state index in [2.05, 4.69) is 37.7 Å². The molecular formula is C22H25F3N6S. The summed E-state index contributed by atoms with van der Waals surface area (Å²) in [6, 6.07) is 4.55. The number of aryl methyl sites for hydroxylation is 2. The zero-order valence-electron chi connectivity index (χ0n) is 18.0. The molecule has 32 heavy (non-hydrogen) atoms. The molecule has 0 aliphatic carbocycles. The molecule has 3 atom stereocenters. The summed E-state index contributed by atoms with van der Waals surface area (Å²) in [5.41, 5.74) is 1.17. The maximum atomic E-state index is 14.4. The quantitative estimate of drug-likeness (QED) is 0.557. The lowest BCUT2D eigenvalue weighted by molar-refractivity contribution is 0.411. The average molecular weight is 463 g/mol. The molecule has 0 saturated carbocycles. The van der Waals surface area contributed by atoms with Crippen LogP contribution in [0.15, 0.2) is 18.2 Å². The first-order chi connectivity index (χ1) is 15.4. The highest BCUT2D eigenvalue weighted by Crippen LogP contribution is 2.36. The second-order valence-electron chi connectivity index (χ2n) is 8.71. The molecule has 2 aliphatic heterocycles. The summed E-state index contributed by atoms with van der Waals surface area (Å²) in [7, 11) is 0. The van der Waals surface area contributed by atoms with Crippen LogP contribution in [0.1, 0.15) is 49.2 Å². The molecule has 170 valence electrons. The molecule has 2 aliphatic rings. The van der Waals surface area contributed by atoms with Crippen molar-refractivity contribution in [1.29, 1.82) is 0 Å². The predicted molar refractivity (Wildman–Crippen MR) is 118 cm³/mol. The van der Waals surface area contributed by atoms with Crippen LogP contribution in [0.5, 0.6) is 0 Å². The number of halogens is 3. The Labute approximate surface area is 188 Å². The number of rotatable bonds is 5. The molecule has 3 aromatic rings. The van der Waals surface area contributed by atoms with Gasteiger partial charge in [-0.05, 0) is 62.7 Å². The summed E-state index contributed by atoms with van der Waals surface area (Å²) in [4.78, 5) is 6.99. The molecule has 4 heterocycles. The Morgan fingerprint density at radius 1 is 1.16 bits per heavy atom. The van der Waals surface area contributed by atoms with Crippen molar-refractivity contribution in [2.24, 2.45) is 5.92 Å². The summed E-state index contributed by atoms with van der Waals surface area (Å²) < 4.78 is 47.8. The van der Waals surface area contributed by atoms with Crippen molar-refractivity contribution < 1.29 is 13.2 Å². The Morgan fingerprint density at radius 2 is 2.00 bits per heavy atom. The summed E-state index contributed by atoms with van der Waals surface area (Å²) >= 11 is 1.53. The first kappa shape index (κ1) is 21.2. The van der Waals surface area contributed by atoms with E-state index < -0.39 is 23.4 Å². The minimum absolute atomic E-state index is 0.128. The molecule has 6 nitrogen and oxygen atoms in total. The third kappa shape index (κ3) is 3.85. The lowest BCUT2D eigenvalue weighted by Crippen LogP contribution is -2.29. The van der Waals surface area contributed by atoms with E-state index in [1.165, 1.54) is 22.6 Å². The van der Waals surface area contributed by atoms with Gasteiger partial charge in [-0.15, -0.1) is 5.10 Å². The Hall–Kier alpha value is -2.62. The van der Waals surface area contributed by atoms with E-state index in [4.69, 9.17) is 0 Å². The van der Waals surface area contributed by atoms with Crippen molar-refractivity contribution in [3.05, 3.63) is 52.7 Å². The highest BCUT2D eigenvalue weighted by Gasteiger charge is 2.32. The summed E-state index contributed by atoms with van der Waals surface area (Å²) in [5.74, 6) is -2.70. The number of anilines is 2. The normalized spacial score (nSPS) is 21.6. The van der Waals surface area contributed by atoms with Gasteiger partial charge in [0.05, 0.1) is 5.69 Å². The van der Waals surface area contributed by atoms with Crippen molar-refractivity contribution in [2.75, 3.05) is 23.3 Å². The van der Waals surface area contributed by atoms with E-state index in [-0.39, 0.29) is 11.6 Å². The van der Waals surface area contributed by atoms with Crippen LogP contribution in [-0.2, 0) is 6.54 Å². The Morgan fingerprint density at radius 3 is 2.78 bits per heavy atom. The minimum Gasteiger partial charge on any atom is -0.362 e. The Bertz CT molecular complexity index is 1130. The van der Waals surface area contributed by atoms with E-state index in [0.29, 0.717) is 30.7 Å². The molecule has 0 spiro atoms. The molecule has 0 bridgehead atoms. The monoisotopic (exact) mass is 462 g/mol. The summed E-state index contributed by atoms with van der Waals surface area (Å²) in [5, 5.41) is 9.18. The third-order valence-corrected chi connectivity index (χ3v) is 7.47. The van der Waals surface area contributed by atoms with Crippen LogP contribution in [-0.4, -0.2) is 38.3 Å². The standard InChI is InChI=1S/C22H25F3N6S/c1-12-10-18(32-29-12)30-9-7-14(11-30)13(2)26-22-27-21-16(4-3-8-31(21)28-22)15-5-6-17(23)20(25)19(15)24/h5-6,10,13-14,16H,3-4,7-9,11H2,1-2H3,(H,26,28). The number of benzene rings is 1. The Kier molecular flexibility index (Phi) is 5.56. The lowest BCUT2D eigenvalue weighted by atomic mass is 9.90. The Balaban J connectivity index is 1.31. The van der Waals surface area contributed by atoms with Crippen molar-refractivity contribution in [1.82, 2.24) is 19.1 Å². The largest absolute Gasteiger partial charge is 0.362 e. The van der Waals surface area contributed by atoms with E-state index in [1.54, 1.807) is 4.68 Å². The number of hydrogen-bond donors (Lipinski definition) is 1. The van der Waals surface area contributed by atoms with Gasteiger partial charge in [0.25, 0.3) is 0 Å². The first-order valence-corrected chi connectivity index (χ1v) is 11.7. The molecule has 0 radical (unpaired) electrons. The van der Waals surface area contributed by atoms with Crippen molar-refractivity contribution in [2.45, 2.75) is 51.6 Å². The molecule has 3 unspecified atom stereocenters. The van der Waals surface area contributed by atoms with E-state index in [9.17, 15) is 13.2 Å². The minimum atomic E-state index is -1.44. The van der Waals surface area contributed by atoms with Gasteiger partial charge in [0.2, 0.25) is 5.95 Å². The topological polar surface area (TPSA) is 58.9 Å². The molecule has 2 aromatic heterocycles. The van der Waals surface area contributed by atoms with Crippen molar-refractivity contribution in [3.63, 3.8) is 0 Å². The molecule has 10 heteroatoms. The van der Waals surface area contributed by atoms with E-state index in [0.717, 1.165) is 37.7 Å². The number of nitrogens with zero attached hydrogens (tertiary/aromatic N) is 5. The molecule has 1 N–H and O–H groups in total. The zero-order valence-corrected chi connectivity index (χ0v) is 18.8. The van der Waals surface area contributed by atoms with Crippen molar-refractivity contribution >= 4 is 22.5 Å². The fourth-order valence-corrected chi connectivity index (χ4v) is 5.53. The van der Waals surface area contributed by atoms with Crippen LogP contribution in [0.4, 0.5) is 24.1 Å². The van der Waals surface area contributed by atoms with Gasteiger partial charge in [0, 0.05) is 37.2 Å². The lowest BCUT2D eigenvalue weighted by Gasteiger charge is -2.22. The second kappa shape index (κ2) is 8.38. The van der Waals surface area contributed by atoms with Crippen LogP contribution >= 0.6 is 11.5 Å². The number of nitrogens with one attached hydrogen (secondary N) is 1. The van der Waals surface area contributed by atoms with Gasteiger partial charge in [-0.3, -0.25) is 0 Å². The average Bonchev–Trinajstić information content (AvgIpc) is 3.51. The first-order valence-electron chi connectivity index (χ1n) is 10.9. The van der Waals surface area contributed by atoms with Crippen LogP contribution in [0.3, 0.4) is 0 Å². The van der Waals surface area contributed by atoms with E-state index in [1.807, 2.05) is 6.92 Å². The van der Waals surface area contributed by atoms with Gasteiger partial charge in [0.15, 0.2) is 17.5 Å². The molecule has 5 rings (SSSR count). The molecule has 1 fully saturated rings. The highest BCUT2D eigenvalue weighted by molar-refractivity contribution is 7.10. The molecular weight excluding hydrogens is 437 g/mol. The molecule has 0 amide bonds. The SMILES string of the molecule is Cc1cc(N2CCC(C(C)Nc3nc4n(n3)CCCC4c3ccc(F)c(F)c3F)C2)sn1. The maximum absolute atomic E-state index is 14.4. The van der Waals surface area contributed by atoms with Crippen LogP contribution < -0.4 is 10.2 Å². The van der Waals surface area contributed by atoms with Crippen LogP contribution in [0, 0.1) is 30.3 Å². The fraction of sp³-hybridized carbons (Fsp3) is 0.500. The van der Waals surface area contributed by atoms with Gasteiger partial charge in [-0.25, -0.2) is 17.9 Å². The van der Waals surface area contributed by atoms with Gasteiger partial charge >= 0.3 is 0 Å². The van der Waals surface area contributed by atoms with Gasteiger partial charge in [-0.1, -0.05) is 6.07 Å². The molecule has 1 aromatic carbocycles. The number of aromatic nitrogens is 4. The molecule has 1 saturated heterocycles.